The normalized spacial score (nSPS) is 28.9. The molecule has 1 aromatic carbocycles. The van der Waals surface area contributed by atoms with Gasteiger partial charge in [0.2, 0.25) is 10.2 Å². The molecule has 1 aliphatic heterocycles. The average molecular weight is 389 g/mol. The summed E-state index contributed by atoms with van der Waals surface area (Å²) in [5.74, 6) is -1.44. The van der Waals surface area contributed by atoms with Crippen LogP contribution in [-0.2, 0) is 25.6 Å². The molecule has 140 valence electrons. The molecular formula is C17H24O6S2. The highest BCUT2D eigenvalue weighted by molar-refractivity contribution is 8.22. The number of hydrogen-bond acceptors (Lipinski definition) is 8. The van der Waals surface area contributed by atoms with Crippen LogP contribution in [0.2, 0.25) is 0 Å². The molecule has 8 heteroatoms. The number of benzene rings is 1. The molecule has 4 atom stereocenters. The molecule has 1 heterocycles. The van der Waals surface area contributed by atoms with E-state index >= 15 is 0 Å². The number of methoxy groups -OCH3 is 1. The predicted octanol–water partition coefficient (Wildman–Crippen LogP) is 1.72. The van der Waals surface area contributed by atoms with E-state index in [1.165, 1.54) is 18.9 Å². The van der Waals surface area contributed by atoms with E-state index in [2.05, 4.69) is 0 Å². The van der Waals surface area contributed by atoms with Gasteiger partial charge < -0.3 is 29.2 Å². The van der Waals surface area contributed by atoms with Crippen LogP contribution in [0.4, 0.5) is 0 Å². The highest BCUT2D eigenvalue weighted by Gasteiger charge is 2.55. The van der Waals surface area contributed by atoms with Gasteiger partial charge in [-0.05, 0) is 30.5 Å². The fraction of sp³-hybridized carbons (Fsp3) is 0.588. The van der Waals surface area contributed by atoms with Crippen LogP contribution < -0.4 is 0 Å². The summed E-state index contributed by atoms with van der Waals surface area (Å²) in [6.45, 7) is 0.767. The standard InChI is InChI=1S/C17H24O6S2/c1-20-17(11-22-16(24)25-2)15(19)14(18)13(23-17)8-9-21-10-12-6-4-3-5-7-12/h3-7,13-15,18-19H,8-11H2,1-2H3/t13-,14-,15+,17?/m1/s1. The highest BCUT2D eigenvalue weighted by atomic mass is 32.2. The predicted molar refractivity (Wildman–Crippen MR) is 99.4 cm³/mol. The Balaban J connectivity index is 1.84. The molecule has 2 N–H and O–H groups in total. The van der Waals surface area contributed by atoms with Gasteiger partial charge in [-0.3, -0.25) is 0 Å². The first kappa shape index (κ1) is 20.6. The van der Waals surface area contributed by atoms with Crippen molar-refractivity contribution in [3.63, 3.8) is 0 Å². The molecule has 6 nitrogen and oxygen atoms in total. The minimum atomic E-state index is -1.44. The van der Waals surface area contributed by atoms with Crippen LogP contribution in [0, 0.1) is 0 Å². The summed E-state index contributed by atoms with van der Waals surface area (Å²) in [7, 11) is 1.40. The number of ether oxygens (including phenoxy) is 4. The molecule has 1 unspecified atom stereocenters. The van der Waals surface area contributed by atoms with Gasteiger partial charge in [0.1, 0.15) is 18.8 Å². The molecule has 2 rings (SSSR count). The molecule has 0 radical (unpaired) electrons. The van der Waals surface area contributed by atoms with Gasteiger partial charge in [0.25, 0.3) is 0 Å². The van der Waals surface area contributed by atoms with Crippen molar-refractivity contribution in [1.82, 2.24) is 0 Å². The summed E-state index contributed by atoms with van der Waals surface area (Å²) >= 11 is 6.25. The number of rotatable bonds is 8. The molecule has 0 bridgehead atoms. The number of aliphatic hydroxyl groups is 2. The zero-order chi connectivity index (χ0) is 18.3. The van der Waals surface area contributed by atoms with E-state index in [0.717, 1.165) is 5.56 Å². The molecule has 0 aromatic heterocycles. The smallest absolute Gasteiger partial charge is 0.232 e. The Morgan fingerprint density at radius 3 is 2.68 bits per heavy atom. The topological polar surface area (TPSA) is 77.4 Å². The van der Waals surface area contributed by atoms with Gasteiger partial charge >= 0.3 is 0 Å². The molecule has 0 spiro atoms. The summed E-state index contributed by atoms with van der Waals surface area (Å²) < 4.78 is 22.4. The van der Waals surface area contributed by atoms with E-state index < -0.39 is 24.1 Å². The van der Waals surface area contributed by atoms with Gasteiger partial charge in [-0.1, -0.05) is 42.1 Å². The maximum Gasteiger partial charge on any atom is 0.232 e. The number of aliphatic hydroxyl groups excluding tert-OH is 2. The quantitative estimate of drug-likeness (QED) is 0.515. The zero-order valence-electron chi connectivity index (χ0n) is 14.3. The third kappa shape index (κ3) is 5.37. The molecule has 0 amide bonds. The van der Waals surface area contributed by atoms with Crippen LogP contribution in [0.1, 0.15) is 12.0 Å². The minimum Gasteiger partial charge on any atom is -0.473 e. The van der Waals surface area contributed by atoms with E-state index in [9.17, 15) is 10.2 Å². The summed E-state index contributed by atoms with van der Waals surface area (Å²) in [5, 5.41) is 20.6. The molecule has 25 heavy (non-hydrogen) atoms. The van der Waals surface area contributed by atoms with Crippen molar-refractivity contribution in [2.75, 3.05) is 26.6 Å². The summed E-state index contributed by atoms with van der Waals surface area (Å²) in [5.41, 5.74) is 1.07. The van der Waals surface area contributed by atoms with Gasteiger partial charge in [-0.2, -0.15) is 0 Å². The van der Waals surface area contributed by atoms with Crippen molar-refractivity contribution >= 4 is 28.4 Å². The van der Waals surface area contributed by atoms with Crippen molar-refractivity contribution in [2.45, 2.75) is 37.1 Å². The van der Waals surface area contributed by atoms with E-state index in [1.54, 1.807) is 6.26 Å². The largest absolute Gasteiger partial charge is 0.473 e. The zero-order valence-corrected chi connectivity index (χ0v) is 15.9. The Hall–Kier alpha value is -0.740. The lowest BCUT2D eigenvalue weighted by Crippen LogP contribution is -2.48. The van der Waals surface area contributed by atoms with Gasteiger partial charge in [0.15, 0.2) is 0 Å². The van der Waals surface area contributed by atoms with Gasteiger partial charge in [-0.15, -0.1) is 0 Å². The van der Waals surface area contributed by atoms with Gasteiger partial charge in [-0.25, -0.2) is 0 Å². The second-order valence-electron chi connectivity index (χ2n) is 5.68. The number of hydrogen-bond donors (Lipinski definition) is 2. The first-order chi connectivity index (χ1) is 12.0. The first-order valence-corrected chi connectivity index (χ1v) is 9.57. The fourth-order valence-corrected chi connectivity index (χ4v) is 2.85. The van der Waals surface area contributed by atoms with E-state index in [0.29, 0.717) is 24.0 Å². The lowest BCUT2D eigenvalue weighted by Gasteiger charge is -2.30. The van der Waals surface area contributed by atoms with E-state index in [1.807, 2.05) is 30.3 Å². The lowest BCUT2D eigenvalue weighted by molar-refractivity contribution is -0.259. The van der Waals surface area contributed by atoms with Gasteiger partial charge in [0.05, 0.1) is 12.7 Å². The Labute approximate surface area is 157 Å². The average Bonchev–Trinajstić information content (AvgIpc) is 2.89. The van der Waals surface area contributed by atoms with E-state index in [-0.39, 0.29) is 6.61 Å². The summed E-state index contributed by atoms with van der Waals surface area (Å²) in [4.78, 5) is 0. The Kier molecular flexibility index (Phi) is 8.08. The fourth-order valence-electron chi connectivity index (χ4n) is 2.62. The van der Waals surface area contributed by atoms with Crippen LogP contribution in [0.5, 0.6) is 0 Å². The monoisotopic (exact) mass is 388 g/mol. The summed E-state index contributed by atoms with van der Waals surface area (Å²) in [6.07, 6.45) is -0.733. The second kappa shape index (κ2) is 9.82. The Morgan fingerprint density at radius 2 is 2.04 bits per heavy atom. The lowest BCUT2D eigenvalue weighted by atomic mass is 10.0. The molecule has 1 aromatic rings. The maximum absolute atomic E-state index is 10.3. The molecule has 0 aliphatic carbocycles. The van der Waals surface area contributed by atoms with Crippen molar-refractivity contribution in [3.05, 3.63) is 35.9 Å². The van der Waals surface area contributed by atoms with Crippen molar-refractivity contribution in [1.29, 1.82) is 0 Å². The van der Waals surface area contributed by atoms with Gasteiger partial charge in [0, 0.05) is 13.7 Å². The third-order valence-corrected chi connectivity index (χ3v) is 5.14. The van der Waals surface area contributed by atoms with Crippen LogP contribution in [0.25, 0.3) is 0 Å². The van der Waals surface area contributed by atoms with Crippen molar-refractivity contribution in [2.24, 2.45) is 0 Å². The maximum atomic E-state index is 10.3. The van der Waals surface area contributed by atoms with Crippen LogP contribution in [0.3, 0.4) is 0 Å². The number of thiocarbonyl (C=S) groups is 1. The Morgan fingerprint density at radius 1 is 1.32 bits per heavy atom. The number of thioether (sulfide) groups is 1. The molecule has 1 aliphatic rings. The Bertz CT molecular complexity index is 543. The van der Waals surface area contributed by atoms with Crippen LogP contribution in [0.15, 0.2) is 30.3 Å². The highest BCUT2D eigenvalue weighted by Crippen LogP contribution is 2.34. The van der Waals surface area contributed by atoms with Crippen molar-refractivity contribution < 1.29 is 29.2 Å². The third-order valence-electron chi connectivity index (χ3n) is 4.07. The second-order valence-corrected chi connectivity index (χ2v) is 7.09. The van der Waals surface area contributed by atoms with Crippen LogP contribution >= 0.6 is 24.0 Å². The molecule has 1 saturated heterocycles. The van der Waals surface area contributed by atoms with Crippen molar-refractivity contribution in [3.8, 4) is 0 Å². The molecular weight excluding hydrogens is 364 g/mol. The molecule has 1 fully saturated rings. The SMILES string of the molecule is COC1(COC(=S)SC)O[C@H](CCOCc2ccccc2)[C@@H](O)[C@@H]1O. The first-order valence-electron chi connectivity index (χ1n) is 7.94. The summed E-state index contributed by atoms with van der Waals surface area (Å²) in [6, 6.07) is 9.80. The molecule has 0 saturated carbocycles. The van der Waals surface area contributed by atoms with E-state index in [4.69, 9.17) is 31.2 Å². The minimum absolute atomic E-state index is 0.0945. The van der Waals surface area contributed by atoms with Crippen LogP contribution in [-0.4, -0.2) is 65.3 Å².